The van der Waals surface area contributed by atoms with Crippen molar-refractivity contribution >= 4 is 21.6 Å². The van der Waals surface area contributed by atoms with Crippen LogP contribution in [0.2, 0.25) is 0 Å². The Hall–Kier alpha value is -0.500. The average Bonchev–Trinajstić information content (AvgIpc) is 2.10. The van der Waals surface area contributed by atoms with E-state index in [-0.39, 0.29) is 0 Å². The van der Waals surface area contributed by atoms with Crippen molar-refractivity contribution in [2.75, 3.05) is 5.32 Å². The summed E-state index contributed by atoms with van der Waals surface area (Å²) >= 11 is 3.51. The molecule has 84 valence electrons. The lowest BCUT2D eigenvalue weighted by atomic mass is 10.0. The van der Waals surface area contributed by atoms with E-state index in [0.717, 1.165) is 4.47 Å². The predicted octanol–water partition coefficient (Wildman–Crippen LogP) is 4.52. The van der Waals surface area contributed by atoms with Gasteiger partial charge in [0.1, 0.15) is 0 Å². The number of hydrogen-bond donors (Lipinski definition) is 1. The fourth-order valence-electron chi connectivity index (χ4n) is 1.53. The van der Waals surface area contributed by atoms with Gasteiger partial charge in [-0.15, -0.1) is 0 Å². The van der Waals surface area contributed by atoms with Crippen LogP contribution in [0.15, 0.2) is 16.6 Å². The number of benzene rings is 1. The van der Waals surface area contributed by atoms with Crippen LogP contribution in [0, 0.1) is 19.8 Å². The molecule has 0 bridgehead atoms. The van der Waals surface area contributed by atoms with E-state index in [1.165, 1.54) is 16.8 Å². The van der Waals surface area contributed by atoms with Crippen molar-refractivity contribution in [1.29, 1.82) is 0 Å². The van der Waals surface area contributed by atoms with Gasteiger partial charge in [0.2, 0.25) is 0 Å². The topological polar surface area (TPSA) is 12.0 Å². The highest BCUT2D eigenvalue weighted by atomic mass is 79.9. The highest BCUT2D eigenvalue weighted by Gasteiger charge is 2.10. The second-order valence-corrected chi connectivity index (χ2v) is 5.51. The van der Waals surface area contributed by atoms with Crippen LogP contribution in [0.25, 0.3) is 0 Å². The first-order valence-corrected chi connectivity index (χ1v) is 6.24. The molecule has 1 nitrogen and oxygen atoms in total. The van der Waals surface area contributed by atoms with Gasteiger partial charge in [-0.1, -0.05) is 29.8 Å². The van der Waals surface area contributed by atoms with Gasteiger partial charge in [0.15, 0.2) is 0 Å². The van der Waals surface area contributed by atoms with Gasteiger partial charge in [-0.2, -0.15) is 0 Å². The Labute approximate surface area is 101 Å². The van der Waals surface area contributed by atoms with Crippen LogP contribution in [-0.2, 0) is 0 Å². The second-order valence-electron chi connectivity index (χ2n) is 4.59. The van der Waals surface area contributed by atoms with E-state index in [4.69, 9.17) is 0 Å². The molecule has 0 aliphatic heterocycles. The lowest BCUT2D eigenvalue weighted by Gasteiger charge is -2.22. The lowest BCUT2D eigenvalue weighted by Crippen LogP contribution is -2.22. The molecule has 1 N–H and O–H groups in total. The van der Waals surface area contributed by atoms with Crippen molar-refractivity contribution in [1.82, 2.24) is 0 Å². The van der Waals surface area contributed by atoms with Crippen molar-refractivity contribution in [3.63, 3.8) is 0 Å². The summed E-state index contributed by atoms with van der Waals surface area (Å²) in [6.07, 6.45) is 0. The molecule has 1 unspecified atom stereocenters. The Morgan fingerprint density at radius 1 is 1.07 bits per heavy atom. The van der Waals surface area contributed by atoms with Crippen LogP contribution < -0.4 is 5.32 Å². The van der Waals surface area contributed by atoms with E-state index in [0.29, 0.717) is 12.0 Å². The maximum atomic E-state index is 3.58. The molecule has 0 aliphatic rings. The number of aryl methyl sites for hydroxylation is 2. The number of rotatable bonds is 3. The summed E-state index contributed by atoms with van der Waals surface area (Å²) in [4.78, 5) is 0. The fraction of sp³-hybridized carbons (Fsp3) is 0.538. The highest BCUT2D eigenvalue weighted by Crippen LogP contribution is 2.26. The van der Waals surface area contributed by atoms with E-state index >= 15 is 0 Å². The Balaban J connectivity index is 2.95. The van der Waals surface area contributed by atoms with Crippen molar-refractivity contribution in [2.45, 2.75) is 40.7 Å². The Kier molecular flexibility index (Phi) is 4.21. The summed E-state index contributed by atoms with van der Waals surface area (Å²) in [6, 6.07) is 4.81. The van der Waals surface area contributed by atoms with Crippen molar-refractivity contribution in [3.05, 3.63) is 27.7 Å². The molecule has 0 aromatic heterocycles. The maximum Gasteiger partial charge on any atom is 0.0402 e. The molecule has 1 atom stereocenters. The molecule has 0 heterocycles. The van der Waals surface area contributed by atoms with Crippen LogP contribution >= 0.6 is 15.9 Å². The van der Waals surface area contributed by atoms with Crippen molar-refractivity contribution < 1.29 is 0 Å². The van der Waals surface area contributed by atoms with Crippen molar-refractivity contribution in [2.24, 2.45) is 5.92 Å². The molecule has 1 aromatic rings. The summed E-state index contributed by atoms with van der Waals surface area (Å²) in [5.74, 6) is 0.646. The first-order chi connectivity index (χ1) is 6.91. The second kappa shape index (κ2) is 5.02. The van der Waals surface area contributed by atoms with Gasteiger partial charge in [-0.25, -0.2) is 0 Å². The SMILES string of the molecule is Cc1cc(Br)cc(C)c1NC(C)C(C)C. The van der Waals surface area contributed by atoms with Gasteiger partial charge in [-0.3, -0.25) is 0 Å². The summed E-state index contributed by atoms with van der Waals surface area (Å²) in [6.45, 7) is 11.0. The predicted molar refractivity (Wildman–Crippen MR) is 71.5 cm³/mol. The van der Waals surface area contributed by atoms with Crippen LogP contribution in [0.1, 0.15) is 31.9 Å². The normalized spacial score (nSPS) is 13.0. The first kappa shape index (κ1) is 12.6. The zero-order valence-corrected chi connectivity index (χ0v) is 11.8. The minimum absolute atomic E-state index is 0.503. The monoisotopic (exact) mass is 269 g/mol. The standard InChI is InChI=1S/C13H20BrN/c1-8(2)11(5)15-13-9(3)6-12(14)7-10(13)4/h6-8,11,15H,1-5H3. The first-order valence-electron chi connectivity index (χ1n) is 5.45. The van der Waals surface area contributed by atoms with Crippen LogP contribution in [0.5, 0.6) is 0 Å². The van der Waals surface area contributed by atoms with E-state index in [1.54, 1.807) is 0 Å². The highest BCUT2D eigenvalue weighted by molar-refractivity contribution is 9.10. The number of halogens is 1. The third kappa shape index (κ3) is 3.23. The van der Waals surface area contributed by atoms with Gasteiger partial charge in [0.25, 0.3) is 0 Å². The largest absolute Gasteiger partial charge is 0.382 e. The molecule has 0 radical (unpaired) electrons. The molecule has 0 spiro atoms. The Morgan fingerprint density at radius 2 is 1.53 bits per heavy atom. The van der Waals surface area contributed by atoms with E-state index in [9.17, 15) is 0 Å². The number of hydrogen-bond acceptors (Lipinski definition) is 1. The van der Waals surface area contributed by atoms with Crippen LogP contribution in [0.3, 0.4) is 0 Å². The van der Waals surface area contributed by atoms with Gasteiger partial charge >= 0.3 is 0 Å². The molecule has 0 fully saturated rings. The molecule has 0 saturated heterocycles. The van der Waals surface area contributed by atoms with Crippen molar-refractivity contribution in [3.8, 4) is 0 Å². The molecule has 0 saturated carbocycles. The zero-order valence-electron chi connectivity index (χ0n) is 10.2. The Morgan fingerprint density at radius 3 is 1.93 bits per heavy atom. The molecule has 2 heteroatoms. The molecule has 1 aromatic carbocycles. The van der Waals surface area contributed by atoms with E-state index < -0.39 is 0 Å². The molecular weight excluding hydrogens is 250 g/mol. The quantitative estimate of drug-likeness (QED) is 0.851. The van der Waals surface area contributed by atoms with Crippen LogP contribution in [-0.4, -0.2) is 6.04 Å². The summed E-state index contributed by atoms with van der Waals surface area (Å²) < 4.78 is 1.15. The molecule has 1 rings (SSSR count). The smallest absolute Gasteiger partial charge is 0.0402 e. The summed E-state index contributed by atoms with van der Waals surface area (Å²) in [7, 11) is 0. The maximum absolute atomic E-state index is 3.58. The molecule has 0 aliphatic carbocycles. The van der Waals surface area contributed by atoms with Gasteiger partial charge in [0.05, 0.1) is 0 Å². The minimum atomic E-state index is 0.503. The summed E-state index contributed by atoms with van der Waals surface area (Å²) in [5, 5.41) is 3.58. The number of nitrogens with one attached hydrogen (secondary N) is 1. The van der Waals surface area contributed by atoms with Gasteiger partial charge in [-0.05, 0) is 49.9 Å². The lowest BCUT2D eigenvalue weighted by molar-refractivity contribution is 0.559. The molecule has 0 amide bonds. The Bertz CT molecular complexity index is 321. The van der Waals surface area contributed by atoms with Gasteiger partial charge in [0, 0.05) is 16.2 Å². The van der Waals surface area contributed by atoms with Crippen LogP contribution in [0.4, 0.5) is 5.69 Å². The van der Waals surface area contributed by atoms with E-state index in [1.807, 2.05) is 0 Å². The van der Waals surface area contributed by atoms with E-state index in [2.05, 4.69) is 68.0 Å². The molecular formula is C13H20BrN. The minimum Gasteiger partial charge on any atom is -0.382 e. The number of anilines is 1. The third-order valence-electron chi connectivity index (χ3n) is 2.87. The average molecular weight is 270 g/mol. The van der Waals surface area contributed by atoms with Gasteiger partial charge < -0.3 is 5.32 Å². The molecule has 15 heavy (non-hydrogen) atoms. The summed E-state index contributed by atoms with van der Waals surface area (Å²) in [5.41, 5.74) is 3.88. The third-order valence-corrected chi connectivity index (χ3v) is 3.33. The zero-order chi connectivity index (χ0) is 11.6. The fourth-order valence-corrected chi connectivity index (χ4v) is 2.22.